The minimum absolute atomic E-state index is 0.260. The zero-order chi connectivity index (χ0) is 16.2. The average molecular weight is 310 g/mol. The minimum Gasteiger partial charge on any atom is -0.444 e. The normalized spacial score (nSPS) is 20.9. The van der Waals surface area contributed by atoms with E-state index in [1.807, 2.05) is 25.7 Å². The Morgan fingerprint density at radius 3 is 2.05 bits per heavy atom. The van der Waals surface area contributed by atoms with Gasteiger partial charge in [-0.25, -0.2) is 4.79 Å². The number of rotatable bonds is 2. The molecule has 0 aromatic rings. The van der Waals surface area contributed by atoms with Crippen molar-refractivity contribution in [3.8, 4) is 0 Å². The predicted octanol–water partition coefficient (Wildman–Crippen LogP) is 3.04. The summed E-state index contributed by atoms with van der Waals surface area (Å²) in [6, 6.07) is 0. The predicted molar refractivity (Wildman–Crippen MR) is 85.6 cm³/mol. The van der Waals surface area contributed by atoms with Gasteiger partial charge in [0.15, 0.2) is 0 Å². The Balaban J connectivity index is 1.74. The van der Waals surface area contributed by atoms with Crippen LogP contribution >= 0.6 is 0 Å². The zero-order valence-electron chi connectivity index (χ0n) is 14.3. The Labute approximate surface area is 134 Å². The van der Waals surface area contributed by atoms with Crippen molar-refractivity contribution in [1.82, 2.24) is 9.80 Å². The molecule has 0 spiro atoms. The third kappa shape index (κ3) is 5.18. The largest absolute Gasteiger partial charge is 0.444 e. The lowest BCUT2D eigenvalue weighted by Gasteiger charge is -2.36. The third-order valence-electron chi connectivity index (χ3n) is 4.47. The molecule has 2 aliphatic rings. The fourth-order valence-corrected chi connectivity index (χ4v) is 3.23. The second-order valence-corrected chi connectivity index (χ2v) is 7.56. The van der Waals surface area contributed by atoms with Crippen LogP contribution in [-0.4, -0.2) is 53.6 Å². The smallest absolute Gasteiger partial charge is 0.410 e. The lowest BCUT2D eigenvalue weighted by Crippen LogP contribution is -2.51. The topological polar surface area (TPSA) is 49.9 Å². The molecule has 126 valence electrons. The van der Waals surface area contributed by atoms with Gasteiger partial charge in [0, 0.05) is 32.6 Å². The first kappa shape index (κ1) is 17.1. The van der Waals surface area contributed by atoms with Crippen molar-refractivity contribution >= 4 is 12.0 Å². The van der Waals surface area contributed by atoms with Crippen molar-refractivity contribution in [2.75, 3.05) is 26.2 Å². The molecule has 5 nitrogen and oxygen atoms in total. The van der Waals surface area contributed by atoms with Gasteiger partial charge < -0.3 is 14.5 Å². The lowest BCUT2D eigenvalue weighted by molar-refractivity contribution is -0.134. The van der Waals surface area contributed by atoms with Gasteiger partial charge in [-0.15, -0.1) is 0 Å². The van der Waals surface area contributed by atoms with Crippen molar-refractivity contribution in [2.45, 2.75) is 64.9 Å². The molecule has 1 aliphatic heterocycles. The molecule has 0 atom stereocenters. The van der Waals surface area contributed by atoms with Gasteiger partial charge in [0.1, 0.15) is 5.60 Å². The monoisotopic (exact) mass is 310 g/mol. The maximum atomic E-state index is 12.4. The summed E-state index contributed by atoms with van der Waals surface area (Å²) in [5, 5.41) is 0. The summed E-state index contributed by atoms with van der Waals surface area (Å²) >= 11 is 0. The molecule has 2 amide bonds. The van der Waals surface area contributed by atoms with Gasteiger partial charge in [-0.2, -0.15) is 0 Å². The van der Waals surface area contributed by atoms with Crippen LogP contribution in [0.1, 0.15) is 59.3 Å². The second kappa shape index (κ2) is 7.34. The van der Waals surface area contributed by atoms with Crippen LogP contribution in [0.3, 0.4) is 0 Å². The molecule has 1 saturated heterocycles. The molecule has 22 heavy (non-hydrogen) atoms. The highest BCUT2D eigenvalue weighted by Crippen LogP contribution is 2.27. The summed E-state index contributed by atoms with van der Waals surface area (Å²) < 4.78 is 5.38. The van der Waals surface area contributed by atoms with Crippen LogP contribution in [-0.2, 0) is 9.53 Å². The van der Waals surface area contributed by atoms with Gasteiger partial charge in [0.25, 0.3) is 0 Å². The summed E-state index contributed by atoms with van der Waals surface area (Å²) in [5.74, 6) is 0.834. The molecule has 1 heterocycles. The molecular formula is C17H30N2O3. The number of carbonyl (C=O) groups is 2. The second-order valence-electron chi connectivity index (χ2n) is 7.56. The number of carbonyl (C=O) groups excluding carboxylic acids is 2. The van der Waals surface area contributed by atoms with Gasteiger partial charge in [-0.05, 0) is 39.5 Å². The van der Waals surface area contributed by atoms with Crippen LogP contribution in [0.2, 0.25) is 0 Å². The van der Waals surface area contributed by atoms with Crippen LogP contribution in [0.4, 0.5) is 4.79 Å². The Kier molecular flexibility index (Phi) is 5.70. The Hall–Kier alpha value is -1.26. The van der Waals surface area contributed by atoms with Gasteiger partial charge in [0.05, 0.1) is 0 Å². The van der Waals surface area contributed by atoms with Crippen LogP contribution in [0, 0.1) is 5.92 Å². The Morgan fingerprint density at radius 2 is 1.50 bits per heavy atom. The SMILES string of the molecule is CC(C)(C)OC(=O)N1CCN(C(=O)CC2CCCCC2)CC1. The van der Waals surface area contributed by atoms with Crippen LogP contribution in [0.25, 0.3) is 0 Å². The summed E-state index contributed by atoms with van der Waals surface area (Å²) in [7, 11) is 0. The number of piperazine rings is 1. The lowest BCUT2D eigenvalue weighted by atomic mass is 9.86. The zero-order valence-corrected chi connectivity index (χ0v) is 14.3. The van der Waals surface area contributed by atoms with Crippen molar-refractivity contribution in [3.05, 3.63) is 0 Å². The first-order valence-corrected chi connectivity index (χ1v) is 8.61. The maximum Gasteiger partial charge on any atom is 0.410 e. The molecular weight excluding hydrogens is 280 g/mol. The molecule has 2 rings (SSSR count). The van der Waals surface area contributed by atoms with E-state index >= 15 is 0 Å². The van der Waals surface area contributed by atoms with E-state index in [0.717, 1.165) is 0 Å². The van der Waals surface area contributed by atoms with E-state index < -0.39 is 5.60 Å². The fraction of sp³-hybridized carbons (Fsp3) is 0.882. The van der Waals surface area contributed by atoms with Crippen molar-refractivity contribution < 1.29 is 14.3 Å². The van der Waals surface area contributed by atoms with E-state index in [2.05, 4.69) is 0 Å². The number of hydrogen-bond donors (Lipinski definition) is 0. The molecule has 1 aliphatic carbocycles. The number of ether oxygens (including phenoxy) is 1. The molecule has 2 fully saturated rings. The fourth-order valence-electron chi connectivity index (χ4n) is 3.23. The summed E-state index contributed by atoms with van der Waals surface area (Å²) in [5.41, 5.74) is -0.467. The van der Waals surface area contributed by atoms with Crippen molar-refractivity contribution in [1.29, 1.82) is 0 Å². The minimum atomic E-state index is -0.467. The van der Waals surface area contributed by atoms with E-state index in [0.29, 0.717) is 38.5 Å². The highest BCUT2D eigenvalue weighted by atomic mass is 16.6. The van der Waals surface area contributed by atoms with Gasteiger partial charge in [0.2, 0.25) is 5.91 Å². The summed E-state index contributed by atoms with van der Waals surface area (Å²) in [6.45, 7) is 8.02. The van der Waals surface area contributed by atoms with E-state index in [9.17, 15) is 9.59 Å². The average Bonchev–Trinajstić information content (AvgIpc) is 2.46. The maximum absolute atomic E-state index is 12.4. The van der Waals surface area contributed by atoms with Gasteiger partial charge in [-0.3, -0.25) is 4.79 Å². The van der Waals surface area contributed by atoms with Crippen LogP contribution in [0.15, 0.2) is 0 Å². The van der Waals surface area contributed by atoms with Gasteiger partial charge >= 0.3 is 6.09 Å². The number of amides is 2. The Morgan fingerprint density at radius 1 is 0.955 bits per heavy atom. The van der Waals surface area contributed by atoms with Crippen LogP contribution in [0.5, 0.6) is 0 Å². The van der Waals surface area contributed by atoms with E-state index in [1.54, 1.807) is 4.90 Å². The molecule has 0 N–H and O–H groups in total. The van der Waals surface area contributed by atoms with Gasteiger partial charge in [-0.1, -0.05) is 19.3 Å². The van der Waals surface area contributed by atoms with E-state index in [-0.39, 0.29) is 12.0 Å². The number of hydrogen-bond acceptors (Lipinski definition) is 3. The molecule has 0 bridgehead atoms. The Bertz CT molecular complexity index is 389. The highest BCUT2D eigenvalue weighted by Gasteiger charge is 2.28. The highest BCUT2D eigenvalue weighted by molar-refractivity contribution is 5.77. The molecule has 0 radical (unpaired) electrons. The first-order chi connectivity index (χ1) is 10.3. The van der Waals surface area contributed by atoms with Crippen molar-refractivity contribution in [2.24, 2.45) is 5.92 Å². The molecule has 0 aromatic carbocycles. The van der Waals surface area contributed by atoms with E-state index in [1.165, 1.54) is 32.1 Å². The molecule has 1 saturated carbocycles. The van der Waals surface area contributed by atoms with Crippen LogP contribution < -0.4 is 0 Å². The van der Waals surface area contributed by atoms with Crippen molar-refractivity contribution in [3.63, 3.8) is 0 Å². The molecule has 0 aromatic heterocycles. The van der Waals surface area contributed by atoms with E-state index in [4.69, 9.17) is 4.74 Å². The standard InChI is InChI=1S/C17H30N2O3/c1-17(2,3)22-16(21)19-11-9-18(10-12-19)15(20)13-14-7-5-4-6-8-14/h14H,4-13H2,1-3H3. The quantitative estimate of drug-likeness (QED) is 0.787. The first-order valence-electron chi connectivity index (χ1n) is 8.61. The third-order valence-corrected chi connectivity index (χ3v) is 4.47. The molecule has 0 unspecified atom stereocenters. The molecule has 5 heteroatoms. The summed E-state index contributed by atoms with van der Waals surface area (Å²) in [6.07, 6.45) is 6.67. The summed E-state index contributed by atoms with van der Waals surface area (Å²) in [4.78, 5) is 28.0. The number of nitrogens with zero attached hydrogens (tertiary/aromatic N) is 2.